The average molecular weight is 293 g/mol. The van der Waals surface area contributed by atoms with Crippen molar-refractivity contribution in [2.75, 3.05) is 31.6 Å². The Bertz CT molecular complexity index is 488. The van der Waals surface area contributed by atoms with Crippen LogP contribution in [0.2, 0.25) is 0 Å². The lowest BCUT2D eigenvalue weighted by Crippen LogP contribution is -2.61. The van der Waals surface area contributed by atoms with E-state index >= 15 is 0 Å². The zero-order chi connectivity index (χ0) is 14.6. The molecule has 0 aromatic carbocycles. The lowest BCUT2D eigenvalue weighted by molar-refractivity contribution is -0.144. The molecule has 1 heterocycles. The predicted octanol–water partition coefficient (Wildman–Crippen LogP) is -2.37. The molecular formula is C9H15N3O6S. The van der Waals surface area contributed by atoms with E-state index in [2.05, 4.69) is 10.6 Å². The summed E-state index contributed by atoms with van der Waals surface area (Å²) in [6.07, 6.45) is 1.02. The molecule has 1 atom stereocenters. The third-order valence-corrected chi connectivity index (χ3v) is 3.42. The van der Waals surface area contributed by atoms with Gasteiger partial charge in [0.05, 0.1) is 5.75 Å². The van der Waals surface area contributed by atoms with Crippen LogP contribution < -0.4 is 10.6 Å². The first-order valence-electron chi connectivity index (χ1n) is 5.42. The van der Waals surface area contributed by atoms with Crippen LogP contribution in [0.5, 0.6) is 0 Å². The van der Waals surface area contributed by atoms with Gasteiger partial charge in [0.25, 0.3) is 0 Å². The number of carbonyl (C=O) groups is 3. The van der Waals surface area contributed by atoms with Crippen molar-refractivity contribution in [3.8, 4) is 0 Å². The summed E-state index contributed by atoms with van der Waals surface area (Å²) >= 11 is 0. The third-order valence-electron chi connectivity index (χ3n) is 2.48. The molecule has 0 aliphatic carbocycles. The van der Waals surface area contributed by atoms with E-state index in [9.17, 15) is 22.8 Å². The van der Waals surface area contributed by atoms with Gasteiger partial charge in [-0.1, -0.05) is 0 Å². The largest absolute Gasteiger partial charge is 0.480 e. The zero-order valence-corrected chi connectivity index (χ0v) is 11.1. The van der Waals surface area contributed by atoms with Crippen LogP contribution >= 0.6 is 0 Å². The van der Waals surface area contributed by atoms with Crippen LogP contribution in [-0.4, -0.2) is 74.0 Å². The van der Waals surface area contributed by atoms with Crippen LogP contribution in [0.15, 0.2) is 0 Å². The highest BCUT2D eigenvalue weighted by Gasteiger charge is 2.35. The third kappa shape index (κ3) is 4.73. The monoisotopic (exact) mass is 293 g/mol. The van der Waals surface area contributed by atoms with E-state index in [0.29, 0.717) is 0 Å². The van der Waals surface area contributed by atoms with Gasteiger partial charge in [0, 0.05) is 19.3 Å². The maximum atomic E-state index is 11.7. The van der Waals surface area contributed by atoms with Crippen LogP contribution in [0.4, 0.5) is 4.79 Å². The van der Waals surface area contributed by atoms with Crippen molar-refractivity contribution in [2.45, 2.75) is 6.04 Å². The van der Waals surface area contributed by atoms with Crippen molar-refractivity contribution >= 4 is 27.7 Å². The van der Waals surface area contributed by atoms with Crippen molar-refractivity contribution in [3.63, 3.8) is 0 Å². The minimum Gasteiger partial charge on any atom is -0.480 e. The van der Waals surface area contributed by atoms with E-state index < -0.39 is 33.8 Å². The zero-order valence-electron chi connectivity index (χ0n) is 10.2. The second-order valence-electron chi connectivity index (χ2n) is 4.15. The Morgan fingerprint density at radius 2 is 2.16 bits per heavy atom. The minimum atomic E-state index is -3.22. The van der Waals surface area contributed by atoms with Crippen molar-refractivity contribution in [1.29, 1.82) is 0 Å². The highest BCUT2D eigenvalue weighted by atomic mass is 32.2. The number of sulfone groups is 1. The normalized spacial score (nSPS) is 19.7. The fraction of sp³-hybridized carbons (Fsp3) is 0.667. The number of rotatable bonds is 4. The molecule has 0 aromatic heterocycles. The summed E-state index contributed by atoms with van der Waals surface area (Å²) in [7, 11) is -3.22. The quantitative estimate of drug-likeness (QED) is 0.530. The van der Waals surface area contributed by atoms with Gasteiger partial charge in [0.1, 0.15) is 22.4 Å². The van der Waals surface area contributed by atoms with Gasteiger partial charge in [0.15, 0.2) is 0 Å². The van der Waals surface area contributed by atoms with Crippen LogP contribution in [-0.2, 0) is 19.4 Å². The Kier molecular flexibility index (Phi) is 4.70. The molecule has 1 aliphatic rings. The minimum absolute atomic E-state index is 0.137. The van der Waals surface area contributed by atoms with Gasteiger partial charge in [-0.05, 0) is 0 Å². The molecule has 0 saturated carbocycles. The molecule has 3 amide bonds. The van der Waals surface area contributed by atoms with Gasteiger partial charge in [0.2, 0.25) is 5.91 Å². The van der Waals surface area contributed by atoms with Gasteiger partial charge in [-0.15, -0.1) is 0 Å². The van der Waals surface area contributed by atoms with Crippen LogP contribution in [0.25, 0.3) is 0 Å². The predicted molar refractivity (Wildman–Crippen MR) is 64.2 cm³/mol. The summed E-state index contributed by atoms with van der Waals surface area (Å²) in [5, 5.41) is 13.5. The SMILES string of the molecule is CS(=O)(=O)CCNC(=O)N1CC(=O)NCC1C(=O)O. The number of nitrogens with one attached hydrogen (secondary N) is 2. The molecule has 1 unspecified atom stereocenters. The molecule has 1 fully saturated rings. The number of hydrogen-bond donors (Lipinski definition) is 3. The molecule has 1 saturated heterocycles. The summed E-state index contributed by atoms with van der Waals surface area (Å²) < 4.78 is 21.8. The lowest BCUT2D eigenvalue weighted by atomic mass is 10.2. The van der Waals surface area contributed by atoms with E-state index in [-0.39, 0.29) is 25.4 Å². The maximum Gasteiger partial charge on any atom is 0.328 e. The summed E-state index contributed by atoms with van der Waals surface area (Å²) in [6, 6.07) is -1.93. The first kappa shape index (κ1) is 15.2. The summed E-state index contributed by atoms with van der Waals surface area (Å²) in [4.78, 5) is 34.7. The van der Waals surface area contributed by atoms with Crippen molar-refractivity contribution in [2.24, 2.45) is 0 Å². The Balaban J connectivity index is 2.61. The van der Waals surface area contributed by atoms with E-state index in [1.165, 1.54) is 0 Å². The Labute approximate surface area is 109 Å². The second kappa shape index (κ2) is 5.87. The average Bonchev–Trinajstić information content (AvgIpc) is 2.26. The smallest absolute Gasteiger partial charge is 0.328 e. The summed E-state index contributed by atoms with van der Waals surface area (Å²) in [5.74, 6) is -1.95. The fourth-order valence-electron chi connectivity index (χ4n) is 1.52. The molecule has 1 rings (SSSR count). The molecule has 3 N–H and O–H groups in total. The number of aliphatic carboxylic acids is 1. The van der Waals surface area contributed by atoms with E-state index in [1.807, 2.05) is 0 Å². The van der Waals surface area contributed by atoms with Crippen molar-refractivity contribution in [3.05, 3.63) is 0 Å². The van der Waals surface area contributed by atoms with Gasteiger partial charge in [-0.25, -0.2) is 18.0 Å². The standard InChI is InChI=1S/C9H15N3O6S/c1-19(17,18)3-2-10-9(16)12-5-7(13)11-4-6(12)8(14)15/h6H,2-5H2,1H3,(H,10,16)(H,11,13)(H,14,15). The molecule has 108 valence electrons. The molecule has 10 heteroatoms. The molecule has 0 radical (unpaired) electrons. The maximum absolute atomic E-state index is 11.7. The molecule has 9 nitrogen and oxygen atoms in total. The van der Waals surface area contributed by atoms with Crippen LogP contribution in [0.3, 0.4) is 0 Å². The van der Waals surface area contributed by atoms with Gasteiger partial charge in [-0.3, -0.25) is 9.69 Å². The van der Waals surface area contributed by atoms with E-state index in [1.54, 1.807) is 0 Å². The van der Waals surface area contributed by atoms with Gasteiger partial charge in [-0.2, -0.15) is 0 Å². The molecule has 0 spiro atoms. The van der Waals surface area contributed by atoms with Crippen molar-refractivity contribution < 1.29 is 27.9 Å². The van der Waals surface area contributed by atoms with Crippen LogP contribution in [0.1, 0.15) is 0 Å². The number of carbonyl (C=O) groups excluding carboxylic acids is 2. The summed E-state index contributed by atoms with van der Waals surface area (Å²) in [6.45, 7) is -0.683. The Hall–Kier alpha value is -1.84. The van der Waals surface area contributed by atoms with E-state index in [0.717, 1.165) is 11.2 Å². The molecular weight excluding hydrogens is 278 g/mol. The first-order chi connectivity index (χ1) is 8.70. The number of amides is 3. The molecule has 1 aliphatic heterocycles. The van der Waals surface area contributed by atoms with Crippen molar-refractivity contribution in [1.82, 2.24) is 15.5 Å². The number of nitrogens with zero attached hydrogens (tertiary/aromatic N) is 1. The lowest BCUT2D eigenvalue weighted by Gasteiger charge is -2.32. The van der Waals surface area contributed by atoms with Crippen LogP contribution in [0, 0.1) is 0 Å². The Morgan fingerprint density at radius 3 is 2.68 bits per heavy atom. The number of carboxylic acids is 1. The number of carboxylic acid groups (broad SMARTS) is 1. The second-order valence-corrected chi connectivity index (χ2v) is 6.41. The number of piperazine rings is 1. The highest BCUT2D eigenvalue weighted by molar-refractivity contribution is 7.90. The Morgan fingerprint density at radius 1 is 1.53 bits per heavy atom. The number of urea groups is 1. The molecule has 19 heavy (non-hydrogen) atoms. The number of hydrogen-bond acceptors (Lipinski definition) is 5. The fourth-order valence-corrected chi connectivity index (χ4v) is 1.99. The van der Waals surface area contributed by atoms with E-state index in [4.69, 9.17) is 5.11 Å². The van der Waals surface area contributed by atoms with Gasteiger partial charge < -0.3 is 15.7 Å². The van der Waals surface area contributed by atoms with Gasteiger partial charge >= 0.3 is 12.0 Å². The first-order valence-corrected chi connectivity index (χ1v) is 7.48. The molecule has 0 aromatic rings. The molecule has 0 bridgehead atoms. The topological polar surface area (TPSA) is 133 Å². The highest BCUT2D eigenvalue weighted by Crippen LogP contribution is 2.04. The summed E-state index contributed by atoms with van der Waals surface area (Å²) in [5.41, 5.74) is 0.